The number of hydrogen-bond acceptors (Lipinski definition) is 6. The first-order chi connectivity index (χ1) is 24.0. The van der Waals surface area contributed by atoms with E-state index in [9.17, 15) is 14.3 Å². The second-order valence-corrected chi connectivity index (χ2v) is 16.1. The first kappa shape index (κ1) is 36.6. The number of nitrogens with one attached hydrogen (secondary N) is 1. The molecule has 3 saturated carbocycles. The van der Waals surface area contributed by atoms with Gasteiger partial charge >= 0.3 is 0 Å². The van der Waals surface area contributed by atoms with Crippen LogP contribution in [0.15, 0.2) is 72.8 Å². The molecule has 0 aromatic heterocycles. The normalized spacial score (nSPS) is 27.4. The number of carbonyl (C=O) groups excluding carboxylic acids is 1. The third-order valence-corrected chi connectivity index (χ3v) is 12.5. The molecule has 0 radical (unpaired) electrons. The summed E-state index contributed by atoms with van der Waals surface area (Å²) in [4.78, 5) is 25.2. The van der Waals surface area contributed by atoms with Crippen molar-refractivity contribution in [3.05, 3.63) is 95.3 Å². The zero-order valence-corrected chi connectivity index (χ0v) is 30.9. The van der Waals surface area contributed by atoms with Gasteiger partial charge in [-0.1, -0.05) is 88.4 Å². The summed E-state index contributed by atoms with van der Waals surface area (Å²) in [5.41, 5.74) is 4.71. The van der Waals surface area contributed by atoms with E-state index in [1.54, 1.807) is 5.06 Å². The Balaban J connectivity index is 1.19. The maximum absolute atomic E-state index is 14.3. The van der Waals surface area contributed by atoms with Crippen LogP contribution in [0.2, 0.25) is 0 Å². The summed E-state index contributed by atoms with van der Waals surface area (Å²) < 4.78 is 13.7. The first-order valence-corrected chi connectivity index (χ1v) is 18.6. The standard InChI is InChI=1S/C42H57FN4O3/c1-7-34-27-50-47(42(34,28-48)40(49)44-39-23-35-22-38(29(39)2)41(35,3)4)25-31-12-10-11-30(21-31)24-46(20-19-45(5)6)26-33-13-8-9-14-37(33)32-15-17-36(43)18-16-32/h8-18,21,29,34-35,38-39,48H,7,19-20,22-28H2,1-6H3,(H,44,49)/t29-,34+,35+,38-,39-,42+/m0/s1. The number of halogens is 1. The fourth-order valence-corrected chi connectivity index (χ4v) is 9.11. The average Bonchev–Trinajstić information content (AvgIpc) is 3.46. The van der Waals surface area contributed by atoms with Crippen LogP contribution in [0.25, 0.3) is 11.1 Å². The van der Waals surface area contributed by atoms with Gasteiger partial charge in [-0.15, -0.1) is 0 Å². The van der Waals surface area contributed by atoms with Crippen molar-refractivity contribution < 1.29 is 19.1 Å². The molecule has 1 heterocycles. The van der Waals surface area contributed by atoms with Gasteiger partial charge in [0, 0.05) is 38.1 Å². The fraction of sp³-hybridized carbons (Fsp3) is 0.548. The van der Waals surface area contributed by atoms with Crippen LogP contribution in [-0.4, -0.2) is 77.9 Å². The summed E-state index contributed by atoms with van der Waals surface area (Å²) in [5.74, 6) is 1.20. The Bertz CT molecular complexity index is 1610. The van der Waals surface area contributed by atoms with E-state index in [1.807, 2.05) is 18.2 Å². The van der Waals surface area contributed by atoms with Crippen molar-refractivity contribution in [2.45, 2.75) is 78.2 Å². The van der Waals surface area contributed by atoms with Crippen molar-refractivity contribution in [2.24, 2.45) is 29.1 Å². The minimum atomic E-state index is -1.14. The Labute approximate surface area is 298 Å². The van der Waals surface area contributed by atoms with Crippen molar-refractivity contribution in [2.75, 3.05) is 40.4 Å². The van der Waals surface area contributed by atoms with Crippen LogP contribution in [-0.2, 0) is 29.3 Å². The molecule has 1 amide bonds. The number of aliphatic hydroxyl groups excluding tert-OH is 1. The molecule has 4 fully saturated rings. The number of amides is 1. The van der Waals surface area contributed by atoms with Gasteiger partial charge in [0.05, 0.1) is 19.8 Å². The lowest BCUT2D eigenvalue weighted by Gasteiger charge is -2.62. The van der Waals surface area contributed by atoms with Crippen LogP contribution in [0.1, 0.15) is 63.6 Å². The van der Waals surface area contributed by atoms with E-state index in [1.165, 1.54) is 29.7 Å². The van der Waals surface area contributed by atoms with Crippen LogP contribution in [0.4, 0.5) is 4.39 Å². The highest BCUT2D eigenvalue weighted by molar-refractivity contribution is 5.87. The van der Waals surface area contributed by atoms with Gasteiger partial charge in [0.1, 0.15) is 5.82 Å². The zero-order chi connectivity index (χ0) is 35.6. The number of nitrogens with zero attached hydrogens (tertiary/aromatic N) is 3. The molecule has 3 aromatic carbocycles. The molecular formula is C42H57FN4O3. The van der Waals surface area contributed by atoms with Gasteiger partial charge in [-0.25, -0.2) is 4.39 Å². The van der Waals surface area contributed by atoms with Crippen LogP contribution < -0.4 is 5.32 Å². The third kappa shape index (κ3) is 7.28. The number of hydroxylamine groups is 2. The molecule has 1 aliphatic heterocycles. The molecule has 2 N–H and O–H groups in total. The summed E-state index contributed by atoms with van der Waals surface area (Å²) in [7, 11) is 4.18. The van der Waals surface area contributed by atoms with E-state index in [0.717, 1.165) is 55.7 Å². The van der Waals surface area contributed by atoms with Crippen molar-refractivity contribution in [1.82, 2.24) is 20.2 Å². The van der Waals surface area contributed by atoms with Crippen LogP contribution in [0.5, 0.6) is 0 Å². The lowest BCUT2D eigenvalue weighted by molar-refractivity contribution is -0.192. The first-order valence-electron chi connectivity index (χ1n) is 18.6. The van der Waals surface area contributed by atoms with Gasteiger partial charge in [-0.05, 0) is 96.5 Å². The molecule has 1 saturated heterocycles. The van der Waals surface area contributed by atoms with Crippen molar-refractivity contribution >= 4 is 5.91 Å². The molecule has 0 spiro atoms. The van der Waals surface area contributed by atoms with Crippen LogP contribution in [0, 0.1) is 34.9 Å². The lowest BCUT2D eigenvalue weighted by atomic mass is 9.44. The SMILES string of the molecule is CC[C@@H]1CON(Cc2cccc(CN(CCN(C)C)Cc3ccccc3-c3ccc(F)cc3)c2)[C@@]1(CO)C(=O)N[C@H]1C[C@H]2C[C@@H]([C@@H]1C)C2(C)C. The molecule has 2 bridgehead atoms. The predicted octanol–water partition coefficient (Wildman–Crippen LogP) is 6.75. The average molecular weight is 685 g/mol. The third-order valence-electron chi connectivity index (χ3n) is 12.5. The van der Waals surface area contributed by atoms with E-state index < -0.39 is 5.54 Å². The summed E-state index contributed by atoms with van der Waals surface area (Å²) in [6.45, 7) is 12.9. The van der Waals surface area contributed by atoms with E-state index in [0.29, 0.717) is 36.3 Å². The van der Waals surface area contributed by atoms with E-state index >= 15 is 0 Å². The van der Waals surface area contributed by atoms with E-state index in [4.69, 9.17) is 4.84 Å². The fourth-order valence-electron chi connectivity index (χ4n) is 9.11. The summed E-state index contributed by atoms with van der Waals surface area (Å²) in [6.07, 6.45) is 2.99. The van der Waals surface area contributed by atoms with Gasteiger partial charge in [0.25, 0.3) is 0 Å². The van der Waals surface area contributed by atoms with Gasteiger partial charge in [0.2, 0.25) is 5.91 Å². The molecule has 6 atom stereocenters. The highest BCUT2D eigenvalue weighted by atomic mass is 19.1. The quantitative estimate of drug-likeness (QED) is 0.196. The monoisotopic (exact) mass is 684 g/mol. The number of hydrogen-bond donors (Lipinski definition) is 2. The van der Waals surface area contributed by atoms with Crippen LogP contribution in [0.3, 0.4) is 0 Å². The largest absolute Gasteiger partial charge is 0.394 e. The molecule has 50 heavy (non-hydrogen) atoms. The number of benzene rings is 3. The van der Waals surface area contributed by atoms with Crippen LogP contribution >= 0.6 is 0 Å². The van der Waals surface area contributed by atoms with Gasteiger partial charge in [0.15, 0.2) is 5.54 Å². The maximum atomic E-state index is 14.3. The molecule has 3 aromatic rings. The highest BCUT2D eigenvalue weighted by Crippen LogP contribution is 2.61. The molecular weight excluding hydrogens is 627 g/mol. The number of likely N-dealkylation sites (N-methyl/N-ethyl adjacent to an activating group) is 1. The van der Waals surface area contributed by atoms with Gasteiger partial charge in [-0.3, -0.25) is 14.5 Å². The minimum absolute atomic E-state index is 0.105. The Morgan fingerprint density at radius 3 is 2.42 bits per heavy atom. The zero-order valence-electron chi connectivity index (χ0n) is 30.9. The van der Waals surface area contributed by atoms with Crippen molar-refractivity contribution in [3.8, 4) is 11.1 Å². The number of aliphatic hydroxyl groups is 1. The number of fused-ring (bicyclic) bond motifs is 2. The maximum Gasteiger partial charge on any atom is 0.245 e. The number of carbonyl (C=O) groups is 1. The predicted molar refractivity (Wildman–Crippen MR) is 197 cm³/mol. The smallest absolute Gasteiger partial charge is 0.245 e. The van der Waals surface area contributed by atoms with Crippen molar-refractivity contribution in [3.63, 3.8) is 0 Å². The van der Waals surface area contributed by atoms with Crippen molar-refractivity contribution in [1.29, 1.82) is 0 Å². The Morgan fingerprint density at radius 2 is 1.74 bits per heavy atom. The topological polar surface area (TPSA) is 68.3 Å². The molecule has 270 valence electrons. The second-order valence-electron chi connectivity index (χ2n) is 16.1. The number of rotatable bonds is 14. The van der Waals surface area contributed by atoms with E-state index in [2.05, 4.69) is 99.4 Å². The Hall–Kier alpha value is -3.14. The highest BCUT2D eigenvalue weighted by Gasteiger charge is 2.59. The summed E-state index contributed by atoms with van der Waals surface area (Å²) in [6, 6.07) is 23.7. The van der Waals surface area contributed by atoms with Gasteiger partial charge in [-0.2, -0.15) is 5.06 Å². The molecule has 4 aliphatic rings. The molecule has 7 nitrogen and oxygen atoms in total. The minimum Gasteiger partial charge on any atom is -0.394 e. The molecule has 8 heteroatoms. The molecule has 3 aliphatic carbocycles. The summed E-state index contributed by atoms with van der Waals surface area (Å²) >= 11 is 0. The van der Waals surface area contributed by atoms with E-state index in [-0.39, 0.29) is 30.3 Å². The Morgan fingerprint density at radius 1 is 1.00 bits per heavy atom. The summed E-state index contributed by atoms with van der Waals surface area (Å²) in [5, 5.41) is 16.2. The second kappa shape index (κ2) is 15.2. The van der Waals surface area contributed by atoms with Gasteiger partial charge < -0.3 is 15.3 Å². The molecule has 7 rings (SSSR count). The Kier molecular flexibility index (Phi) is 11.2. The molecule has 0 unspecified atom stereocenters. The lowest BCUT2D eigenvalue weighted by Crippen LogP contribution is -2.66.